The molecule has 8 atom stereocenters. The van der Waals surface area contributed by atoms with Gasteiger partial charge in [0.25, 0.3) is 0 Å². The van der Waals surface area contributed by atoms with E-state index in [1.54, 1.807) is 12.0 Å². The highest BCUT2D eigenvalue weighted by atomic mass is 15.1. The Morgan fingerprint density at radius 3 is 1.37 bits per heavy atom. The van der Waals surface area contributed by atoms with Crippen LogP contribution in [0.25, 0.3) is 33.4 Å². The zero-order valence-electron chi connectivity index (χ0n) is 30.2. The Labute approximate surface area is 309 Å². The monoisotopic (exact) mass is 673 g/mol. The van der Waals surface area contributed by atoms with Gasteiger partial charge in [-0.05, 0) is 155 Å². The summed E-state index contributed by atoms with van der Waals surface area (Å²) in [5.41, 5.74) is 13.6. The largest absolute Gasteiger partial charge is 0.311 e. The first-order valence-electron chi connectivity index (χ1n) is 19.9. The Hall–Kier alpha value is -4.88. The Bertz CT molecular complexity index is 2220. The highest BCUT2D eigenvalue weighted by Crippen LogP contribution is 2.80. The highest BCUT2D eigenvalue weighted by Gasteiger charge is 2.74. The molecule has 0 spiro atoms. The fraction of sp³-hybridized carbons (Fsp3) is 0.294. The zero-order valence-corrected chi connectivity index (χ0v) is 30.2. The summed E-state index contributed by atoms with van der Waals surface area (Å²) < 4.78 is 0. The van der Waals surface area contributed by atoms with Gasteiger partial charge in [0.15, 0.2) is 0 Å². The molecule has 0 radical (unpaired) electrons. The predicted octanol–water partition coefficient (Wildman–Crippen LogP) is 13.5. The van der Waals surface area contributed by atoms with Crippen LogP contribution in [0, 0.1) is 40.9 Å². The Morgan fingerprint density at radius 1 is 0.404 bits per heavy atom. The van der Waals surface area contributed by atoms with E-state index in [1.165, 1.54) is 71.2 Å². The van der Waals surface area contributed by atoms with Crippen molar-refractivity contribution in [1.29, 1.82) is 0 Å². The van der Waals surface area contributed by atoms with Crippen LogP contribution in [0.2, 0.25) is 0 Å². The third-order valence-electron chi connectivity index (χ3n) is 15.1. The number of benzene rings is 6. The number of hydrogen-bond donors (Lipinski definition) is 0. The van der Waals surface area contributed by atoms with E-state index in [1.807, 2.05) is 0 Å². The number of nitrogens with zero attached hydrogens (tertiary/aromatic N) is 1. The van der Waals surface area contributed by atoms with Crippen LogP contribution in [0.15, 0.2) is 158 Å². The first-order chi connectivity index (χ1) is 25.6. The number of hydrogen-bond acceptors (Lipinski definition) is 1. The molecule has 0 N–H and O–H groups in total. The highest BCUT2D eigenvalue weighted by molar-refractivity contribution is 5.80. The van der Waals surface area contributed by atoms with Crippen LogP contribution in [-0.2, 0) is 5.41 Å². The van der Waals surface area contributed by atoms with Gasteiger partial charge in [0.1, 0.15) is 0 Å². The smallest absolute Gasteiger partial charge is 0.0462 e. The molecule has 1 heteroatoms. The first-order valence-corrected chi connectivity index (χ1v) is 19.9. The molecule has 7 saturated carbocycles. The first kappa shape index (κ1) is 30.7. The SMILES string of the molecule is CC12CC3CC4C5CC(CC41)CC2(c1ccc(-c2ccc(N(c4ccccc4)c4ccc(-c6ccc(-c7ccccc7)cc6)cc4)cc2)cc1)C5C3. The van der Waals surface area contributed by atoms with Gasteiger partial charge in [-0.15, -0.1) is 0 Å². The average molecular weight is 674 g/mol. The number of rotatable bonds is 7. The molecule has 52 heavy (non-hydrogen) atoms. The van der Waals surface area contributed by atoms with Gasteiger partial charge in [0.05, 0.1) is 0 Å². The number of para-hydroxylation sites is 1. The van der Waals surface area contributed by atoms with Gasteiger partial charge in [0, 0.05) is 22.5 Å². The summed E-state index contributed by atoms with van der Waals surface area (Å²) in [5.74, 6) is 5.90. The van der Waals surface area contributed by atoms with Crippen LogP contribution in [-0.4, -0.2) is 0 Å². The van der Waals surface area contributed by atoms with E-state index < -0.39 is 0 Å². The Morgan fingerprint density at radius 2 is 0.808 bits per heavy atom. The van der Waals surface area contributed by atoms with Crippen LogP contribution in [0.1, 0.15) is 51.0 Å². The fourth-order valence-corrected chi connectivity index (χ4v) is 13.2. The molecule has 8 bridgehead atoms. The van der Waals surface area contributed by atoms with Gasteiger partial charge in [-0.1, -0.05) is 128 Å². The predicted molar refractivity (Wildman–Crippen MR) is 216 cm³/mol. The topological polar surface area (TPSA) is 3.24 Å². The van der Waals surface area contributed by atoms with E-state index in [-0.39, 0.29) is 0 Å². The van der Waals surface area contributed by atoms with Gasteiger partial charge in [-0.3, -0.25) is 0 Å². The molecule has 1 nitrogen and oxygen atoms in total. The lowest BCUT2D eigenvalue weighted by atomic mass is 9.25. The van der Waals surface area contributed by atoms with Crippen molar-refractivity contribution in [1.82, 2.24) is 0 Å². The molecule has 0 heterocycles. The third-order valence-corrected chi connectivity index (χ3v) is 15.1. The quantitative estimate of drug-likeness (QED) is 0.163. The maximum Gasteiger partial charge on any atom is 0.0462 e. The molecule has 8 unspecified atom stereocenters. The molecular weight excluding hydrogens is 627 g/mol. The van der Waals surface area contributed by atoms with Crippen molar-refractivity contribution in [3.63, 3.8) is 0 Å². The lowest BCUT2D eigenvalue weighted by molar-refractivity contribution is -0.266. The Kier molecular flexibility index (Phi) is 6.83. The molecule has 13 rings (SSSR count). The van der Waals surface area contributed by atoms with E-state index in [0.29, 0.717) is 10.8 Å². The third kappa shape index (κ3) is 4.47. The second-order valence-corrected chi connectivity index (χ2v) is 17.3. The molecule has 0 aliphatic heterocycles. The second kappa shape index (κ2) is 11.6. The second-order valence-electron chi connectivity index (χ2n) is 17.3. The molecule has 6 aromatic rings. The maximum absolute atomic E-state index is 2.74. The summed E-state index contributed by atoms with van der Waals surface area (Å²) in [6, 6.07) is 58.5. The molecular formula is C51H47N. The van der Waals surface area contributed by atoms with Crippen molar-refractivity contribution >= 4 is 17.1 Å². The molecule has 0 amide bonds. The minimum absolute atomic E-state index is 0.413. The van der Waals surface area contributed by atoms with E-state index in [9.17, 15) is 0 Å². The van der Waals surface area contributed by atoms with Crippen LogP contribution in [0.4, 0.5) is 17.1 Å². The van der Waals surface area contributed by atoms with Crippen molar-refractivity contribution in [3.05, 3.63) is 163 Å². The van der Waals surface area contributed by atoms with Gasteiger partial charge < -0.3 is 4.90 Å². The minimum Gasteiger partial charge on any atom is -0.311 e. The summed E-state index contributed by atoms with van der Waals surface area (Å²) in [4.78, 5) is 2.37. The van der Waals surface area contributed by atoms with Crippen LogP contribution in [0.5, 0.6) is 0 Å². The normalized spacial score (nSPS) is 30.5. The molecule has 256 valence electrons. The molecule has 7 fully saturated rings. The summed E-state index contributed by atoms with van der Waals surface area (Å²) in [6.45, 7) is 2.74. The molecule has 6 aromatic carbocycles. The van der Waals surface area contributed by atoms with Gasteiger partial charge >= 0.3 is 0 Å². The van der Waals surface area contributed by atoms with Crippen LogP contribution < -0.4 is 4.90 Å². The van der Waals surface area contributed by atoms with E-state index in [2.05, 4.69) is 170 Å². The summed E-state index contributed by atoms with van der Waals surface area (Å²) in [6.07, 6.45) is 9.05. The zero-order chi connectivity index (χ0) is 34.4. The van der Waals surface area contributed by atoms with E-state index in [4.69, 9.17) is 0 Å². The van der Waals surface area contributed by atoms with Crippen LogP contribution >= 0.6 is 0 Å². The van der Waals surface area contributed by atoms with Crippen molar-refractivity contribution in [2.45, 2.75) is 50.9 Å². The molecule has 0 aromatic heterocycles. The van der Waals surface area contributed by atoms with Crippen molar-refractivity contribution in [3.8, 4) is 33.4 Å². The standard InChI is InChI=1S/C51H47N/c1-50-32-34-28-46-47-29-35(30-48(46)50)33-51(50,49(47)31-34)42-22-16-39(17-23-42)41-20-26-45(27-21-41)52(43-10-6-3-7-11-43)44-24-18-40(19-25-44)38-14-12-37(13-15-38)36-8-4-2-5-9-36/h2-27,34-35,46-49H,28-33H2,1H3. The number of anilines is 3. The van der Waals surface area contributed by atoms with E-state index >= 15 is 0 Å². The summed E-state index contributed by atoms with van der Waals surface area (Å²) >= 11 is 0. The van der Waals surface area contributed by atoms with Gasteiger partial charge in [0.2, 0.25) is 0 Å². The summed E-state index contributed by atoms with van der Waals surface area (Å²) in [5, 5.41) is 0. The minimum atomic E-state index is 0.413. The Balaban J connectivity index is 0.873. The van der Waals surface area contributed by atoms with Gasteiger partial charge in [-0.2, -0.15) is 0 Å². The average Bonchev–Trinajstić information content (AvgIpc) is 3.21. The van der Waals surface area contributed by atoms with Crippen molar-refractivity contribution < 1.29 is 0 Å². The fourth-order valence-electron chi connectivity index (χ4n) is 13.2. The summed E-state index contributed by atoms with van der Waals surface area (Å²) in [7, 11) is 0. The molecule has 7 aliphatic rings. The molecule has 0 saturated heterocycles. The van der Waals surface area contributed by atoms with Crippen molar-refractivity contribution in [2.75, 3.05) is 4.90 Å². The molecule has 7 aliphatic carbocycles. The van der Waals surface area contributed by atoms with Crippen molar-refractivity contribution in [2.24, 2.45) is 40.9 Å². The van der Waals surface area contributed by atoms with Crippen LogP contribution in [0.3, 0.4) is 0 Å². The lowest BCUT2D eigenvalue weighted by Crippen LogP contribution is -2.74. The maximum atomic E-state index is 2.74. The van der Waals surface area contributed by atoms with Gasteiger partial charge in [-0.25, -0.2) is 0 Å². The van der Waals surface area contributed by atoms with E-state index in [0.717, 1.165) is 46.9 Å². The lowest BCUT2D eigenvalue weighted by Gasteiger charge is -2.79.